The second kappa shape index (κ2) is 2.71. The Balaban J connectivity index is 2.64. The zero-order chi connectivity index (χ0) is 8.54. The van der Waals surface area contributed by atoms with E-state index in [1.807, 2.05) is 0 Å². The fourth-order valence-corrected chi connectivity index (χ4v) is 1.62. The van der Waals surface area contributed by atoms with Crippen LogP contribution in [0.4, 0.5) is 0 Å². The summed E-state index contributed by atoms with van der Waals surface area (Å²) in [7, 11) is 0. The summed E-state index contributed by atoms with van der Waals surface area (Å²) in [4.78, 5) is 0. The minimum absolute atomic E-state index is 0.550. The van der Waals surface area contributed by atoms with Crippen LogP contribution in [0.15, 0.2) is 0 Å². The lowest BCUT2D eigenvalue weighted by atomic mass is 9.78. The summed E-state index contributed by atoms with van der Waals surface area (Å²) in [6.07, 6.45) is 5.08. The lowest BCUT2D eigenvalue weighted by Gasteiger charge is -2.43. The number of rotatable bonds is 1. The topological polar surface area (TPSA) is 104 Å². The highest BCUT2D eigenvalue weighted by atomic mass is 15.2. The molecule has 0 aliphatic heterocycles. The molecule has 1 rings (SSSR count). The van der Waals surface area contributed by atoms with Crippen LogP contribution in [0.2, 0.25) is 0 Å². The first kappa shape index (κ1) is 8.93. The molecule has 4 nitrogen and oxygen atoms in total. The van der Waals surface area contributed by atoms with Crippen molar-refractivity contribution in [3.63, 3.8) is 0 Å². The zero-order valence-electron chi connectivity index (χ0n) is 6.84. The second-order valence-electron chi connectivity index (χ2n) is 3.65. The molecule has 0 atom stereocenters. The third-order valence-corrected chi connectivity index (χ3v) is 2.61. The van der Waals surface area contributed by atoms with Gasteiger partial charge in [-0.05, 0) is 12.8 Å². The summed E-state index contributed by atoms with van der Waals surface area (Å²) in [5, 5.41) is 0. The van der Waals surface area contributed by atoms with E-state index >= 15 is 0 Å². The van der Waals surface area contributed by atoms with Crippen LogP contribution in [0.3, 0.4) is 0 Å². The molecular formula is C7H18N4. The summed E-state index contributed by atoms with van der Waals surface area (Å²) in [5.74, 6) is -1.21. The molecule has 0 bridgehead atoms. The van der Waals surface area contributed by atoms with Crippen molar-refractivity contribution < 1.29 is 0 Å². The summed E-state index contributed by atoms with van der Waals surface area (Å²) in [5.41, 5.74) is 22.1. The van der Waals surface area contributed by atoms with Gasteiger partial charge in [0, 0.05) is 0 Å². The Morgan fingerprint density at radius 3 is 1.64 bits per heavy atom. The maximum absolute atomic E-state index is 5.96. The van der Waals surface area contributed by atoms with Crippen molar-refractivity contribution in [2.75, 3.05) is 0 Å². The minimum Gasteiger partial charge on any atom is -0.321 e. The molecule has 11 heavy (non-hydrogen) atoms. The standard InChI is InChI=1S/C7H18N4/c8-6(7(9,10)11)4-2-1-3-5-6/h1-5,8-11H2. The van der Waals surface area contributed by atoms with Gasteiger partial charge in [0.15, 0.2) is 0 Å². The van der Waals surface area contributed by atoms with Crippen LogP contribution in [-0.4, -0.2) is 11.3 Å². The van der Waals surface area contributed by atoms with E-state index in [0.29, 0.717) is 0 Å². The van der Waals surface area contributed by atoms with Gasteiger partial charge in [-0.2, -0.15) is 0 Å². The Kier molecular flexibility index (Phi) is 2.20. The average molecular weight is 158 g/mol. The van der Waals surface area contributed by atoms with Gasteiger partial charge in [-0.25, -0.2) is 0 Å². The SMILES string of the molecule is NC(N)(N)C1(N)CCCCC1. The third kappa shape index (κ3) is 1.70. The monoisotopic (exact) mass is 158 g/mol. The molecule has 0 saturated heterocycles. The molecule has 8 N–H and O–H groups in total. The van der Waals surface area contributed by atoms with E-state index in [0.717, 1.165) is 25.7 Å². The van der Waals surface area contributed by atoms with Crippen LogP contribution < -0.4 is 22.9 Å². The Morgan fingerprint density at radius 1 is 0.909 bits per heavy atom. The molecule has 0 heterocycles. The molecule has 0 radical (unpaired) electrons. The number of hydrogen-bond acceptors (Lipinski definition) is 4. The van der Waals surface area contributed by atoms with Crippen molar-refractivity contribution in [1.29, 1.82) is 0 Å². The van der Waals surface area contributed by atoms with Crippen LogP contribution in [-0.2, 0) is 0 Å². The maximum Gasteiger partial charge on any atom is 0.134 e. The zero-order valence-corrected chi connectivity index (χ0v) is 6.84. The Bertz CT molecular complexity index is 132. The summed E-state index contributed by atoms with van der Waals surface area (Å²) in [6.45, 7) is 0. The minimum atomic E-state index is -1.21. The van der Waals surface area contributed by atoms with E-state index in [1.54, 1.807) is 0 Å². The van der Waals surface area contributed by atoms with E-state index in [9.17, 15) is 0 Å². The predicted octanol–water partition coefficient (Wildman–Crippen LogP) is -0.822. The van der Waals surface area contributed by atoms with E-state index in [2.05, 4.69) is 0 Å². The molecule has 1 fully saturated rings. The van der Waals surface area contributed by atoms with Crippen molar-refractivity contribution in [3.05, 3.63) is 0 Å². The van der Waals surface area contributed by atoms with E-state index in [1.165, 1.54) is 6.42 Å². The Hall–Kier alpha value is -0.160. The molecular weight excluding hydrogens is 140 g/mol. The van der Waals surface area contributed by atoms with E-state index < -0.39 is 11.3 Å². The van der Waals surface area contributed by atoms with Crippen LogP contribution in [0.1, 0.15) is 32.1 Å². The van der Waals surface area contributed by atoms with Gasteiger partial charge in [0.05, 0.1) is 5.54 Å². The molecule has 1 saturated carbocycles. The fourth-order valence-electron chi connectivity index (χ4n) is 1.62. The molecule has 1 aliphatic rings. The van der Waals surface area contributed by atoms with Crippen LogP contribution in [0.25, 0.3) is 0 Å². The molecule has 1 aliphatic carbocycles. The molecule has 0 aromatic rings. The molecule has 0 spiro atoms. The highest BCUT2D eigenvalue weighted by Crippen LogP contribution is 2.28. The summed E-state index contributed by atoms with van der Waals surface area (Å²) in [6, 6.07) is 0. The highest BCUT2D eigenvalue weighted by molar-refractivity contribution is 5.00. The second-order valence-corrected chi connectivity index (χ2v) is 3.65. The first-order chi connectivity index (χ1) is 4.96. The fraction of sp³-hybridized carbons (Fsp3) is 1.00. The van der Waals surface area contributed by atoms with Crippen molar-refractivity contribution in [2.45, 2.75) is 43.4 Å². The lowest BCUT2D eigenvalue weighted by Crippen LogP contribution is -2.77. The highest BCUT2D eigenvalue weighted by Gasteiger charge is 2.40. The largest absolute Gasteiger partial charge is 0.321 e. The molecule has 66 valence electrons. The van der Waals surface area contributed by atoms with Crippen LogP contribution >= 0.6 is 0 Å². The molecule has 0 amide bonds. The van der Waals surface area contributed by atoms with Crippen molar-refractivity contribution in [3.8, 4) is 0 Å². The average Bonchev–Trinajstić information content (AvgIpc) is 1.87. The summed E-state index contributed by atoms with van der Waals surface area (Å²) >= 11 is 0. The normalized spacial score (nSPS) is 25.1. The molecule has 0 aromatic carbocycles. The van der Waals surface area contributed by atoms with Crippen LogP contribution in [0.5, 0.6) is 0 Å². The van der Waals surface area contributed by atoms with Gasteiger partial charge in [0.25, 0.3) is 0 Å². The van der Waals surface area contributed by atoms with Gasteiger partial charge < -0.3 is 5.73 Å². The lowest BCUT2D eigenvalue weighted by molar-refractivity contribution is 0.168. The smallest absolute Gasteiger partial charge is 0.134 e. The van der Waals surface area contributed by atoms with Gasteiger partial charge in [0.1, 0.15) is 5.79 Å². The Labute approximate surface area is 67.3 Å². The van der Waals surface area contributed by atoms with Crippen LogP contribution in [0, 0.1) is 0 Å². The molecule has 0 unspecified atom stereocenters. The van der Waals surface area contributed by atoms with Crippen molar-refractivity contribution in [1.82, 2.24) is 0 Å². The van der Waals surface area contributed by atoms with E-state index in [4.69, 9.17) is 22.9 Å². The summed E-state index contributed by atoms with van der Waals surface area (Å²) < 4.78 is 0. The quantitative estimate of drug-likeness (QED) is 0.374. The van der Waals surface area contributed by atoms with Gasteiger partial charge in [-0.3, -0.25) is 17.2 Å². The third-order valence-electron chi connectivity index (χ3n) is 2.61. The van der Waals surface area contributed by atoms with Gasteiger partial charge >= 0.3 is 0 Å². The molecule has 0 aromatic heterocycles. The number of hydrogen-bond donors (Lipinski definition) is 4. The van der Waals surface area contributed by atoms with Crippen molar-refractivity contribution >= 4 is 0 Å². The van der Waals surface area contributed by atoms with Gasteiger partial charge in [-0.15, -0.1) is 0 Å². The first-order valence-corrected chi connectivity index (χ1v) is 4.11. The maximum atomic E-state index is 5.96. The van der Waals surface area contributed by atoms with E-state index in [-0.39, 0.29) is 0 Å². The molecule has 4 heteroatoms. The van der Waals surface area contributed by atoms with Crippen molar-refractivity contribution in [2.24, 2.45) is 22.9 Å². The number of nitrogens with two attached hydrogens (primary N) is 4. The van der Waals surface area contributed by atoms with Gasteiger partial charge in [-0.1, -0.05) is 19.3 Å². The first-order valence-electron chi connectivity index (χ1n) is 4.11. The van der Waals surface area contributed by atoms with Gasteiger partial charge in [0.2, 0.25) is 0 Å². The Morgan fingerprint density at radius 2 is 1.36 bits per heavy atom. The predicted molar refractivity (Wildman–Crippen MR) is 45.3 cm³/mol.